The van der Waals surface area contributed by atoms with Crippen molar-refractivity contribution in [1.29, 1.82) is 0 Å². The molecule has 8 heteroatoms. The lowest BCUT2D eigenvalue weighted by molar-refractivity contribution is -0.130. The van der Waals surface area contributed by atoms with Crippen molar-refractivity contribution >= 4 is 34.1 Å². The predicted molar refractivity (Wildman–Crippen MR) is 112 cm³/mol. The van der Waals surface area contributed by atoms with Crippen molar-refractivity contribution in [2.24, 2.45) is 0 Å². The Labute approximate surface area is 168 Å². The maximum atomic E-state index is 12.5. The van der Waals surface area contributed by atoms with Crippen LogP contribution in [-0.4, -0.2) is 64.4 Å². The summed E-state index contributed by atoms with van der Waals surface area (Å²) in [4.78, 5) is 16.8. The van der Waals surface area contributed by atoms with Gasteiger partial charge in [0.2, 0.25) is 11.0 Å². The standard InChI is InChI=1S/C19H25N5OS2/c1-3-7-20-18-21-22-19(27-18)26-14-17(25)24-10-8-23(9-11-24)13-16-6-4-5-15(2)12-16/h3-6,12H,1,7-11,13-14H2,2H3,(H,20,21). The van der Waals surface area contributed by atoms with E-state index in [1.54, 1.807) is 6.08 Å². The summed E-state index contributed by atoms with van der Waals surface area (Å²) in [7, 11) is 0. The lowest BCUT2D eigenvalue weighted by Gasteiger charge is -2.34. The highest BCUT2D eigenvalue weighted by molar-refractivity contribution is 8.01. The zero-order chi connectivity index (χ0) is 19.1. The van der Waals surface area contributed by atoms with E-state index in [0.717, 1.165) is 42.2 Å². The highest BCUT2D eigenvalue weighted by atomic mass is 32.2. The van der Waals surface area contributed by atoms with E-state index in [1.165, 1.54) is 34.2 Å². The molecule has 6 nitrogen and oxygen atoms in total. The van der Waals surface area contributed by atoms with Crippen LogP contribution in [0.2, 0.25) is 0 Å². The van der Waals surface area contributed by atoms with Gasteiger partial charge < -0.3 is 10.2 Å². The Hall–Kier alpha value is -1.90. The topological polar surface area (TPSA) is 61.4 Å². The molecule has 0 unspecified atom stereocenters. The van der Waals surface area contributed by atoms with E-state index in [0.29, 0.717) is 12.3 Å². The van der Waals surface area contributed by atoms with Crippen molar-refractivity contribution in [2.75, 3.05) is 43.8 Å². The molecule has 1 aromatic carbocycles. The highest BCUT2D eigenvalue weighted by Crippen LogP contribution is 2.25. The zero-order valence-electron chi connectivity index (χ0n) is 15.6. The number of nitrogens with one attached hydrogen (secondary N) is 1. The minimum Gasteiger partial charge on any atom is -0.357 e. The van der Waals surface area contributed by atoms with Gasteiger partial charge in [-0.2, -0.15) is 0 Å². The van der Waals surface area contributed by atoms with Gasteiger partial charge in [0.05, 0.1) is 5.75 Å². The number of benzene rings is 1. The SMILES string of the molecule is C=CCNc1nnc(SCC(=O)N2CCN(Cc3cccc(C)c3)CC2)s1. The lowest BCUT2D eigenvalue weighted by atomic mass is 10.1. The number of amides is 1. The zero-order valence-corrected chi connectivity index (χ0v) is 17.2. The molecule has 3 rings (SSSR count). The Morgan fingerprint density at radius 3 is 2.89 bits per heavy atom. The largest absolute Gasteiger partial charge is 0.357 e. The van der Waals surface area contributed by atoms with Crippen LogP contribution in [0, 0.1) is 6.92 Å². The van der Waals surface area contributed by atoms with Gasteiger partial charge >= 0.3 is 0 Å². The third kappa shape index (κ3) is 6.05. The average Bonchev–Trinajstić information content (AvgIpc) is 3.13. The molecule has 1 N–H and O–H groups in total. The van der Waals surface area contributed by atoms with Gasteiger partial charge in [0, 0.05) is 39.3 Å². The summed E-state index contributed by atoms with van der Waals surface area (Å²) in [6.07, 6.45) is 1.77. The van der Waals surface area contributed by atoms with E-state index in [-0.39, 0.29) is 5.91 Å². The number of thioether (sulfide) groups is 1. The van der Waals surface area contributed by atoms with E-state index < -0.39 is 0 Å². The molecule has 0 radical (unpaired) electrons. The molecule has 0 aliphatic carbocycles. The number of carbonyl (C=O) groups excluding carboxylic acids is 1. The summed E-state index contributed by atoms with van der Waals surface area (Å²) in [6, 6.07) is 8.62. The molecule has 2 aromatic rings. The smallest absolute Gasteiger partial charge is 0.233 e. The second kappa shape index (κ2) is 9.87. The van der Waals surface area contributed by atoms with Crippen molar-refractivity contribution < 1.29 is 4.79 Å². The summed E-state index contributed by atoms with van der Waals surface area (Å²) < 4.78 is 0.813. The summed E-state index contributed by atoms with van der Waals surface area (Å²) in [5.41, 5.74) is 2.63. The van der Waals surface area contributed by atoms with Crippen LogP contribution < -0.4 is 5.32 Å². The van der Waals surface area contributed by atoms with Gasteiger partial charge in [0.15, 0.2) is 4.34 Å². The van der Waals surface area contributed by atoms with Gasteiger partial charge in [0.1, 0.15) is 0 Å². The summed E-state index contributed by atoms with van der Waals surface area (Å²) >= 11 is 2.92. The summed E-state index contributed by atoms with van der Waals surface area (Å²) in [6.45, 7) is 10.8. The molecule has 1 fully saturated rings. The van der Waals surface area contributed by atoms with E-state index in [4.69, 9.17) is 0 Å². The number of hydrogen-bond acceptors (Lipinski definition) is 7. The first kappa shape index (κ1) is 19.9. The first-order chi connectivity index (χ1) is 13.1. The van der Waals surface area contributed by atoms with E-state index in [1.807, 2.05) is 4.90 Å². The third-order valence-corrected chi connectivity index (χ3v) is 6.34. The van der Waals surface area contributed by atoms with E-state index >= 15 is 0 Å². The van der Waals surface area contributed by atoms with Crippen LogP contribution in [0.4, 0.5) is 5.13 Å². The predicted octanol–water partition coefficient (Wildman–Crippen LogP) is 2.88. The van der Waals surface area contributed by atoms with Gasteiger partial charge in [-0.3, -0.25) is 9.69 Å². The van der Waals surface area contributed by atoms with Crippen LogP contribution >= 0.6 is 23.1 Å². The fourth-order valence-corrected chi connectivity index (χ4v) is 4.60. The number of carbonyl (C=O) groups is 1. The first-order valence-electron chi connectivity index (χ1n) is 9.01. The minimum atomic E-state index is 0.172. The number of piperazine rings is 1. The summed E-state index contributed by atoms with van der Waals surface area (Å²) in [5.74, 6) is 0.583. The average molecular weight is 404 g/mol. The number of hydrogen-bond donors (Lipinski definition) is 1. The molecule has 0 spiro atoms. The van der Waals surface area contributed by atoms with Crippen molar-refractivity contribution in [1.82, 2.24) is 20.0 Å². The Kier molecular flexibility index (Phi) is 7.25. The molecular weight excluding hydrogens is 378 g/mol. The molecule has 0 saturated carbocycles. The van der Waals surface area contributed by atoms with Gasteiger partial charge in [-0.15, -0.1) is 16.8 Å². The van der Waals surface area contributed by atoms with Crippen LogP contribution in [0.25, 0.3) is 0 Å². The molecule has 0 bridgehead atoms. The summed E-state index contributed by atoms with van der Waals surface area (Å²) in [5, 5.41) is 12.0. The number of rotatable bonds is 8. The number of aromatic nitrogens is 2. The fourth-order valence-electron chi connectivity index (χ4n) is 2.94. The minimum absolute atomic E-state index is 0.172. The second-order valence-corrected chi connectivity index (χ2v) is 8.68. The van der Waals surface area contributed by atoms with Crippen molar-refractivity contribution in [3.05, 3.63) is 48.0 Å². The Bertz CT molecular complexity index is 771. The van der Waals surface area contributed by atoms with Gasteiger partial charge in [0.25, 0.3) is 0 Å². The Morgan fingerprint density at radius 1 is 1.33 bits per heavy atom. The quantitative estimate of drug-likeness (QED) is 0.540. The number of nitrogens with zero attached hydrogens (tertiary/aromatic N) is 4. The van der Waals surface area contributed by atoms with Gasteiger partial charge in [-0.05, 0) is 12.5 Å². The lowest BCUT2D eigenvalue weighted by Crippen LogP contribution is -2.48. The van der Waals surface area contributed by atoms with Crippen molar-refractivity contribution in [2.45, 2.75) is 17.8 Å². The van der Waals surface area contributed by atoms with Crippen molar-refractivity contribution in [3.63, 3.8) is 0 Å². The normalized spacial score (nSPS) is 14.9. The molecule has 27 heavy (non-hydrogen) atoms. The molecule has 0 atom stereocenters. The molecule has 144 valence electrons. The molecule has 2 heterocycles. The monoisotopic (exact) mass is 403 g/mol. The molecular formula is C19H25N5OS2. The number of anilines is 1. The Morgan fingerprint density at radius 2 is 2.15 bits per heavy atom. The highest BCUT2D eigenvalue weighted by Gasteiger charge is 2.21. The fraction of sp³-hybridized carbons (Fsp3) is 0.421. The Balaban J connectivity index is 1.40. The molecule has 1 aliphatic rings. The van der Waals surface area contributed by atoms with Crippen LogP contribution in [0.1, 0.15) is 11.1 Å². The third-order valence-electron chi connectivity index (χ3n) is 4.34. The van der Waals surface area contributed by atoms with Crippen LogP contribution in [0.5, 0.6) is 0 Å². The maximum Gasteiger partial charge on any atom is 0.233 e. The maximum absolute atomic E-state index is 12.5. The van der Waals surface area contributed by atoms with Gasteiger partial charge in [-0.25, -0.2) is 0 Å². The van der Waals surface area contributed by atoms with Gasteiger partial charge in [-0.1, -0.05) is 59.0 Å². The molecule has 1 aromatic heterocycles. The molecule has 1 amide bonds. The van der Waals surface area contributed by atoms with E-state index in [9.17, 15) is 4.79 Å². The first-order valence-corrected chi connectivity index (χ1v) is 10.8. The molecule has 1 saturated heterocycles. The second-order valence-electron chi connectivity index (χ2n) is 6.48. The van der Waals surface area contributed by atoms with Crippen LogP contribution in [0.15, 0.2) is 41.3 Å². The molecule has 1 aliphatic heterocycles. The number of aryl methyl sites for hydroxylation is 1. The van der Waals surface area contributed by atoms with Crippen molar-refractivity contribution in [3.8, 4) is 0 Å². The van der Waals surface area contributed by atoms with Crippen LogP contribution in [-0.2, 0) is 11.3 Å². The van der Waals surface area contributed by atoms with E-state index in [2.05, 4.69) is 58.2 Å². The van der Waals surface area contributed by atoms with Crippen LogP contribution in [0.3, 0.4) is 0 Å².